The van der Waals surface area contributed by atoms with Crippen molar-refractivity contribution in [3.8, 4) is 0 Å². The number of aliphatic hydroxyl groups is 4. The molecule has 109 heavy (non-hydrogen) atoms. The fourth-order valence-corrected chi connectivity index (χ4v) is 11.8. The molecule has 0 aliphatic carbocycles. The van der Waals surface area contributed by atoms with E-state index in [1.807, 2.05) is 10.6 Å². The van der Waals surface area contributed by atoms with E-state index in [1.165, 1.54) is 59.8 Å². The molecule has 0 radical (unpaired) electrons. The van der Waals surface area contributed by atoms with Crippen LogP contribution in [0, 0.1) is 17.8 Å². The van der Waals surface area contributed by atoms with Crippen LogP contribution in [0.15, 0.2) is 65.8 Å². The maximum Gasteiger partial charge on any atom is 0.419 e. The van der Waals surface area contributed by atoms with Crippen LogP contribution >= 0.6 is 0 Å². The van der Waals surface area contributed by atoms with Crippen molar-refractivity contribution in [2.24, 2.45) is 39.9 Å². The van der Waals surface area contributed by atoms with Gasteiger partial charge in [-0.05, 0) is 116 Å². The van der Waals surface area contributed by atoms with Crippen LogP contribution < -0.4 is 70.4 Å². The lowest BCUT2D eigenvalue weighted by Gasteiger charge is -2.34. The summed E-state index contributed by atoms with van der Waals surface area (Å²) in [5.74, 6) is -18.0. The van der Waals surface area contributed by atoms with Gasteiger partial charge in [0.15, 0.2) is 24.2 Å². The average Bonchev–Trinajstić information content (AvgIpc) is 1.63. The number of guanidine groups is 1. The number of hydrogen-bond donors (Lipinski definition) is 17. The molecule has 0 unspecified atom stereocenters. The summed E-state index contributed by atoms with van der Waals surface area (Å²) in [5.41, 5.74) is 14.9. The number of carbonyl (C=O) groups is 14. The summed E-state index contributed by atoms with van der Waals surface area (Å²) in [5, 5.41) is 69.5. The molecule has 2 fully saturated rings. The van der Waals surface area contributed by atoms with Gasteiger partial charge < -0.3 is 105 Å². The predicted octanol–water partition coefficient (Wildman–Crippen LogP) is -2.47. The van der Waals surface area contributed by atoms with Crippen LogP contribution in [0.25, 0.3) is 10.9 Å². The third-order valence-corrected chi connectivity index (χ3v) is 17.7. The number of nitrogens with two attached hydrogens (primary N) is 3. The Morgan fingerprint density at radius 1 is 0.679 bits per heavy atom. The number of nitrogens with one attached hydrogen (secondary N) is 10. The summed E-state index contributed by atoms with van der Waals surface area (Å²) >= 11 is 0. The molecule has 0 spiro atoms. The summed E-state index contributed by atoms with van der Waals surface area (Å²) in [6, 6.07) is -5.80. The average molecular weight is 1530 g/mol. The second kappa shape index (κ2) is 40.1. The van der Waals surface area contributed by atoms with Crippen molar-refractivity contribution in [2.75, 3.05) is 26.2 Å². The molecule has 37 heteroatoms. The molecular weight excluding hydrogens is 1420 g/mol. The Balaban J connectivity index is 1.80. The van der Waals surface area contributed by atoms with E-state index < -0.39 is 216 Å². The van der Waals surface area contributed by atoms with Gasteiger partial charge in [0.2, 0.25) is 65.0 Å². The monoisotopic (exact) mass is 1530 g/mol. The van der Waals surface area contributed by atoms with Gasteiger partial charge in [-0.1, -0.05) is 96.5 Å². The Hall–Kier alpha value is -10.5. The minimum absolute atomic E-state index is 0.00756. The van der Waals surface area contributed by atoms with E-state index in [-0.39, 0.29) is 67.8 Å². The molecule has 12 amide bonds. The lowest BCUT2D eigenvalue weighted by Crippen LogP contribution is -2.64. The van der Waals surface area contributed by atoms with Crippen LogP contribution in [0.1, 0.15) is 146 Å². The number of aliphatic imine (C=N–C) groups is 1. The zero-order chi connectivity index (χ0) is 81.7. The fraction of sp³-hybridized carbons (Fsp3) is 0.597. The first-order valence-electron chi connectivity index (χ1n) is 36.0. The maximum atomic E-state index is 16.0. The number of likely N-dealkylation sites (tertiary alicyclic amines) is 1. The Labute approximate surface area is 631 Å². The third kappa shape index (κ3) is 26.1. The van der Waals surface area contributed by atoms with Gasteiger partial charge in [-0.25, -0.2) is 14.4 Å². The number of cyclic esters (lactones) is 1. The van der Waals surface area contributed by atoms with Gasteiger partial charge in [0, 0.05) is 31.1 Å². The normalized spacial score (nSPS) is 23.7. The number of esters is 1. The number of carbonyl (C=O) groups excluding carboxylic acids is 14. The summed E-state index contributed by atoms with van der Waals surface area (Å²) in [6.45, 7) is 17.8. The lowest BCUT2D eigenvalue weighted by molar-refractivity contribution is -0.159. The van der Waals surface area contributed by atoms with E-state index in [1.54, 1.807) is 93.5 Å². The number of nitrogens with zero attached hydrogens (tertiary/aromatic N) is 3. The molecule has 37 nitrogen and oxygen atoms in total. The summed E-state index contributed by atoms with van der Waals surface area (Å²) in [4.78, 5) is 208. The van der Waals surface area contributed by atoms with Gasteiger partial charge in [-0.3, -0.25) is 67.2 Å². The molecule has 2 saturated heterocycles. The minimum atomic E-state index is -2.64. The highest BCUT2D eigenvalue weighted by Gasteiger charge is 2.45. The number of fused-ring (bicyclic) bond motifs is 1. The summed E-state index contributed by atoms with van der Waals surface area (Å²) in [6.07, 6.45) is -9.25. The van der Waals surface area contributed by atoms with Crippen LogP contribution in [-0.4, -0.2) is 235 Å². The minimum Gasteiger partial charge on any atom is -0.453 e. The highest BCUT2D eigenvalue weighted by Crippen LogP contribution is 2.29. The molecule has 0 bridgehead atoms. The molecule has 20 N–H and O–H groups in total. The maximum absolute atomic E-state index is 16.0. The Morgan fingerprint density at radius 3 is 1.83 bits per heavy atom. The van der Waals surface area contributed by atoms with Gasteiger partial charge in [0.1, 0.15) is 65.6 Å². The molecule has 15 atom stereocenters. The van der Waals surface area contributed by atoms with E-state index in [4.69, 9.17) is 31.4 Å². The van der Waals surface area contributed by atoms with Gasteiger partial charge in [-0.2, -0.15) is 0 Å². The third-order valence-electron chi connectivity index (χ3n) is 17.7. The zero-order valence-corrected chi connectivity index (χ0v) is 63.7. The van der Waals surface area contributed by atoms with E-state index >= 15 is 14.4 Å². The van der Waals surface area contributed by atoms with Crippen LogP contribution in [-0.2, 0) is 78.2 Å². The summed E-state index contributed by atoms with van der Waals surface area (Å²) < 4.78 is 18.6. The van der Waals surface area contributed by atoms with Crippen LogP contribution in [0.3, 0.4) is 0 Å². The quantitative estimate of drug-likeness (QED) is 0.0173. The zero-order valence-electron chi connectivity index (χ0n) is 63.7. The van der Waals surface area contributed by atoms with E-state index in [2.05, 4.69) is 47.5 Å². The van der Waals surface area contributed by atoms with Crippen LogP contribution in [0.2, 0.25) is 0 Å². The molecule has 602 valence electrons. The molecule has 3 heterocycles. The first kappa shape index (κ1) is 89.1. The number of hydrogen-bond acceptors (Lipinski definition) is 22. The predicted molar refractivity (Wildman–Crippen MR) is 393 cm³/mol. The van der Waals surface area contributed by atoms with Crippen molar-refractivity contribution in [2.45, 2.75) is 231 Å². The number of aliphatic hydroxyl groups excluding tert-OH is 4. The Kier molecular flexibility index (Phi) is 32.7. The smallest absolute Gasteiger partial charge is 0.419 e. The summed E-state index contributed by atoms with van der Waals surface area (Å²) in [7, 11) is 0. The molecular formula is C72H108N16O21. The standard InChI is InChI=1S/C72H108N16O21/c1-14-37(6)49-63(100)84-50(38(7)90)62(99)77-32-48(91)82-52(55(93)57(73)94)65(102)81-45(34-89)67(104)107-56(39-22-16-15-17-23-39)53(66(103)85-51(54(92)36(4)5)64(101)80-43(30-35(2)3)59(96)78-42(58(95)83-49)25-20-28-76-68(74)75)86-60(97)44(79-61(98)47-27-21-29-87(47)69(105)108-71(8,9)10)31-40-33-88(70(106)109-72(11,12)13)46-26-19-18-24-41(40)46/h15-19,22-24,26,33,35-38,42-45,47,49-56,89-90,92-93H,14,20-21,25,27-32,34H2,1-13H3,(H2,73,94)(H,77,99)(H,78,96)(H,79,98)(H,80,101)(H,81,102)(H,82,91)(H,83,95)(H,84,100)(H,85,103)(H,86,97)(H4,74,75,76)/t37-,38-,42+,43-,44-,45-,47+,49-,50-,51-,52-,53-,54+,55-,56+/m0/s1. The number of aromatic nitrogens is 1. The van der Waals surface area contributed by atoms with Crippen molar-refractivity contribution in [3.63, 3.8) is 0 Å². The lowest BCUT2D eigenvalue weighted by atomic mass is 9.95. The first-order valence-corrected chi connectivity index (χ1v) is 36.0. The van der Waals surface area contributed by atoms with Crippen molar-refractivity contribution in [1.29, 1.82) is 0 Å². The van der Waals surface area contributed by atoms with Crippen molar-refractivity contribution >= 4 is 100.0 Å². The molecule has 2 aliphatic heterocycles. The molecule has 2 aromatic carbocycles. The number of benzene rings is 2. The fourth-order valence-electron chi connectivity index (χ4n) is 11.8. The number of rotatable bonds is 21. The van der Waals surface area contributed by atoms with Crippen LogP contribution in [0.4, 0.5) is 9.59 Å². The van der Waals surface area contributed by atoms with E-state index in [0.29, 0.717) is 11.8 Å². The topological polar surface area (TPSA) is 566 Å². The number of primary amides is 1. The molecule has 1 aromatic heterocycles. The van der Waals surface area contributed by atoms with Gasteiger partial charge in [0.05, 0.1) is 30.9 Å². The van der Waals surface area contributed by atoms with Crippen molar-refractivity contribution < 1.29 is 102 Å². The van der Waals surface area contributed by atoms with Crippen molar-refractivity contribution in [1.82, 2.24) is 62.6 Å². The Morgan fingerprint density at radius 2 is 1.25 bits per heavy atom. The number of para-hydroxylation sites is 1. The molecule has 5 rings (SSSR count). The highest BCUT2D eigenvalue weighted by atomic mass is 16.6. The van der Waals surface area contributed by atoms with Crippen LogP contribution in [0.5, 0.6) is 0 Å². The van der Waals surface area contributed by atoms with E-state index in [0.717, 1.165) is 6.92 Å². The Bertz CT molecular complexity index is 3780. The molecule has 3 aromatic rings. The SMILES string of the molecule is CC[C@H](C)[C@@H]1NC(=O)[C@@H](CCCN=C(N)N)NC(=O)[C@H](CC(C)C)NC(=O)[C@H]([C@H](O)C(C)C)NC(=O)[C@@H](NC(=O)[C@H](Cc2cn(C(=O)OC(C)(C)C)c3ccccc23)NC(=O)[C@H]2CCCN2C(=O)OC(C)(C)C)[C@@H](c2ccccc2)OC(=O)[C@H](CO)NC(=O)[C@H]([C@H](O)C(N)=O)NC(=O)CNC(=O)[C@H]([C@H](C)O)NC1=O. The van der Waals surface area contributed by atoms with Crippen molar-refractivity contribution in [3.05, 3.63) is 71.9 Å². The van der Waals surface area contributed by atoms with E-state index in [9.17, 15) is 73.2 Å². The molecule has 2 aliphatic rings. The van der Waals surface area contributed by atoms with Gasteiger partial charge >= 0.3 is 18.2 Å². The number of amides is 12. The van der Waals surface area contributed by atoms with Gasteiger partial charge in [-0.15, -0.1) is 0 Å². The highest BCUT2D eigenvalue weighted by molar-refractivity contribution is 6.01. The largest absolute Gasteiger partial charge is 0.453 e. The molecule has 0 saturated carbocycles. The first-order chi connectivity index (χ1) is 51.0. The number of ether oxygens (including phenoxy) is 3. The second-order valence-corrected chi connectivity index (χ2v) is 29.7. The van der Waals surface area contributed by atoms with Gasteiger partial charge in [0.25, 0.3) is 0 Å². The second-order valence-electron chi connectivity index (χ2n) is 29.7.